The topological polar surface area (TPSA) is 0 Å². The Morgan fingerprint density at radius 1 is 0.926 bits per heavy atom. The molecule has 0 radical (unpaired) electrons. The highest BCUT2D eigenvalue weighted by Gasteiger charge is 2.22. The van der Waals surface area contributed by atoms with Crippen molar-refractivity contribution in [2.24, 2.45) is 5.92 Å². The third-order valence-electron chi connectivity index (χ3n) is 6.51. The second-order valence-electron chi connectivity index (χ2n) is 9.90. The lowest BCUT2D eigenvalue weighted by Crippen LogP contribution is -2.10. The molecule has 2 aromatic rings. The zero-order valence-corrected chi connectivity index (χ0v) is 17.6. The first-order valence-corrected chi connectivity index (χ1v) is 10.8. The Morgan fingerprint density at radius 3 is 2.30 bits per heavy atom. The molecular weight excluding hydrogens is 324 g/mol. The Morgan fingerprint density at radius 2 is 1.63 bits per heavy atom. The smallest absolute Gasteiger partial charge is 0.00574 e. The fourth-order valence-corrected chi connectivity index (χ4v) is 4.97. The Bertz CT molecular complexity index is 837. The van der Waals surface area contributed by atoms with Gasteiger partial charge in [-0.15, -0.1) is 0 Å². The minimum absolute atomic E-state index is 0.208. The van der Waals surface area contributed by atoms with Gasteiger partial charge in [0, 0.05) is 0 Å². The molecule has 0 spiro atoms. The van der Waals surface area contributed by atoms with Gasteiger partial charge in [-0.25, -0.2) is 0 Å². The first-order chi connectivity index (χ1) is 12.9. The molecule has 0 unspecified atom stereocenters. The second-order valence-corrected chi connectivity index (χ2v) is 9.90. The van der Waals surface area contributed by atoms with Crippen molar-refractivity contribution in [3.05, 3.63) is 64.2 Å². The molecule has 0 heteroatoms. The van der Waals surface area contributed by atoms with Crippen LogP contribution in [0.4, 0.5) is 0 Å². The second kappa shape index (κ2) is 7.30. The van der Waals surface area contributed by atoms with Gasteiger partial charge in [-0.3, -0.25) is 0 Å². The Hall–Kier alpha value is -1.82. The van der Waals surface area contributed by atoms with Gasteiger partial charge in [0.25, 0.3) is 0 Å². The van der Waals surface area contributed by atoms with Crippen LogP contribution in [0.15, 0.2) is 42.0 Å². The normalized spacial score (nSPS) is 17.7. The molecule has 27 heavy (non-hydrogen) atoms. The zero-order chi connectivity index (χ0) is 19.0. The van der Waals surface area contributed by atoms with Crippen molar-refractivity contribution < 1.29 is 0 Å². The van der Waals surface area contributed by atoms with Gasteiger partial charge in [0.1, 0.15) is 0 Å². The fraction of sp³-hybridized carbons (Fsp3) is 0.481. The molecule has 2 aliphatic carbocycles. The molecule has 0 aliphatic heterocycles. The molecule has 0 N–H and O–H groups in total. The van der Waals surface area contributed by atoms with Crippen molar-refractivity contribution in [2.45, 2.75) is 78.1 Å². The predicted molar refractivity (Wildman–Crippen MR) is 118 cm³/mol. The predicted octanol–water partition coefficient (Wildman–Crippen LogP) is 7.87. The van der Waals surface area contributed by atoms with Crippen LogP contribution in [0.5, 0.6) is 0 Å². The number of hydrogen-bond acceptors (Lipinski definition) is 0. The fourth-order valence-electron chi connectivity index (χ4n) is 4.97. The number of allylic oxidation sites excluding steroid dienone is 1. The summed E-state index contributed by atoms with van der Waals surface area (Å²) in [5.74, 6) is 0.926. The van der Waals surface area contributed by atoms with Crippen LogP contribution in [-0.2, 0) is 11.8 Å². The van der Waals surface area contributed by atoms with Gasteiger partial charge in [-0.1, -0.05) is 106 Å². The van der Waals surface area contributed by atoms with Crippen LogP contribution in [0, 0.1) is 12.8 Å². The van der Waals surface area contributed by atoms with Crippen molar-refractivity contribution in [1.82, 2.24) is 0 Å². The van der Waals surface area contributed by atoms with Crippen LogP contribution in [0.2, 0.25) is 0 Å². The Labute approximate surface area is 165 Å². The summed E-state index contributed by atoms with van der Waals surface area (Å²) in [6, 6.07) is 14.1. The maximum atomic E-state index is 2.52. The van der Waals surface area contributed by atoms with E-state index >= 15 is 0 Å². The summed E-state index contributed by atoms with van der Waals surface area (Å²) in [6.07, 6.45) is 12.2. The van der Waals surface area contributed by atoms with Crippen molar-refractivity contribution in [1.29, 1.82) is 0 Å². The molecule has 2 aliphatic rings. The number of rotatable bonds is 3. The third kappa shape index (κ3) is 4.05. The molecule has 0 atom stereocenters. The van der Waals surface area contributed by atoms with Crippen LogP contribution >= 0.6 is 0 Å². The molecule has 142 valence electrons. The first kappa shape index (κ1) is 18.5. The van der Waals surface area contributed by atoms with E-state index in [0.717, 1.165) is 5.92 Å². The van der Waals surface area contributed by atoms with Gasteiger partial charge in [0.05, 0.1) is 0 Å². The van der Waals surface area contributed by atoms with E-state index in [1.807, 2.05) is 0 Å². The minimum atomic E-state index is 0.208. The highest BCUT2D eigenvalue weighted by molar-refractivity contribution is 5.81. The summed E-state index contributed by atoms with van der Waals surface area (Å²) in [6.45, 7) is 9.10. The van der Waals surface area contributed by atoms with E-state index in [1.54, 1.807) is 5.57 Å². The van der Waals surface area contributed by atoms with Gasteiger partial charge in [0.15, 0.2) is 0 Å². The number of hydrogen-bond donors (Lipinski definition) is 0. The quantitative estimate of drug-likeness (QED) is 0.523. The van der Waals surface area contributed by atoms with Crippen LogP contribution in [0.1, 0.15) is 81.5 Å². The average Bonchev–Trinajstić information content (AvgIpc) is 3.03. The van der Waals surface area contributed by atoms with E-state index in [4.69, 9.17) is 0 Å². The van der Waals surface area contributed by atoms with E-state index in [-0.39, 0.29) is 5.41 Å². The van der Waals surface area contributed by atoms with E-state index in [2.05, 4.69) is 70.2 Å². The van der Waals surface area contributed by atoms with Gasteiger partial charge in [-0.2, -0.15) is 0 Å². The average molecular weight is 359 g/mol. The molecule has 1 saturated carbocycles. The van der Waals surface area contributed by atoms with E-state index in [9.17, 15) is 0 Å². The molecule has 0 aromatic heterocycles. The molecule has 2 aromatic carbocycles. The van der Waals surface area contributed by atoms with E-state index in [0.29, 0.717) is 0 Å². The molecule has 0 saturated heterocycles. The lowest BCUT2D eigenvalue weighted by molar-refractivity contribution is 0.355. The lowest BCUT2D eigenvalue weighted by Gasteiger charge is -2.21. The molecular formula is C27H34. The lowest BCUT2D eigenvalue weighted by atomic mass is 9.84. The summed E-state index contributed by atoms with van der Waals surface area (Å²) in [4.78, 5) is 0. The summed E-state index contributed by atoms with van der Waals surface area (Å²) in [7, 11) is 0. The Kier molecular flexibility index (Phi) is 5.01. The SMILES string of the molecule is Cc1cc2c(c(-c3ccc(C(C)(C)C)cc3)c1)C=C(CC1CCCCC1)C2. The largest absolute Gasteiger partial charge is 0.0649 e. The van der Waals surface area contributed by atoms with E-state index < -0.39 is 0 Å². The van der Waals surface area contributed by atoms with Crippen LogP contribution < -0.4 is 0 Å². The molecule has 0 heterocycles. The van der Waals surface area contributed by atoms with Gasteiger partial charge in [0.2, 0.25) is 0 Å². The highest BCUT2D eigenvalue weighted by Crippen LogP contribution is 2.39. The summed E-state index contributed by atoms with van der Waals surface area (Å²) >= 11 is 0. The van der Waals surface area contributed by atoms with Gasteiger partial charge >= 0.3 is 0 Å². The molecule has 0 nitrogen and oxygen atoms in total. The van der Waals surface area contributed by atoms with Crippen LogP contribution in [0.25, 0.3) is 17.2 Å². The van der Waals surface area contributed by atoms with Crippen LogP contribution in [0.3, 0.4) is 0 Å². The van der Waals surface area contributed by atoms with Crippen molar-refractivity contribution in [3.8, 4) is 11.1 Å². The highest BCUT2D eigenvalue weighted by atomic mass is 14.3. The van der Waals surface area contributed by atoms with Gasteiger partial charge in [-0.05, 0) is 58.9 Å². The summed E-state index contributed by atoms with van der Waals surface area (Å²) in [5, 5.41) is 0. The van der Waals surface area contributed by atoms with Gasteiger partial charge < -0.3 is 0 Å². The van der Waals surface area contributed by atoms with Crippen LogP contribution in [-0.4, -0.2) is 0 Å². The maximum Gasteiger partial charge on any atom is -0.00574 e. The van der Waals surface area contributed by atoms with Crippen molar-refractivity contribution in [3.63, 3.8) is 0 Å². The number of aryl methyl sites for hydroxylation is 1. The first-order valence-electron chi connectivity index (χ1n) is 10.8. The molecule has 4 rings (SSSR count). The number of benzene rings is 2. The number of fused-ring (bicyclic) bond motifs is 1. The standard InChI is InChI=1S/C27H34/c1-19-14-23-17-21(16-20-8-6-5-7-9-20)18-26(23)25(15-19)22-10-12-24(13-11-22)27(2,3)4/h10-15,18,20H,5-9,16-17H2,1-4H3. The summed E-state index contributed by atoms with van der Waals surface area (Å²) < 4.78 is 0. The zero-order valence-electron chi connectivity index (χ0n) is 17.6. The molecule has 0 amide bonds. The van der Waals surface area contributed by atoms with Crippen molar-refractivity contribution in [2.75, 3.05) is 0 Å². The monoisotopic (exact) mass is 358 g/mol. The van der Waals surface area contributed by atoms with Crippen molar-refractivity contribution >= 4 is 6.08 Å². The maximum absolute atomic E-state index is 2.52. The van der Waals surface area contributed by atoms with E-state index in [1.165, 1.54) is 78.3 Å². The molecule has 0 bridgehead atoms. The summed E-state index contributed by atoms with van der Waals surface area (Å²) in [5.41, 5.74) is 10.5. The minimum Gasteiger partial charge on any atom is -0.0649 e. The Balaban J connectivity index is 1.63. The molecule has 1 fully saturated rings. The third-order valence-corrected chi connectivity index (χ3v) is 6.51.